The summed E-state index contributed by atoms with van der Waals surface area (Å²) in [7, 11) is 1.56. The number of halogens is 2. The molecular weight excluding hydrogens is 515 g/mol. The van der Waals surface area contributed by atoms with Crippen molar-refractivity contribution in [1.82, 2.24) is 0 Å². The molecule has 1 atom stereocenters. The highest BCUT2D eigenvalue weighted by Crippen LogP contribution is 2.37. The van der Waals surface area contributed by atoms with Gasteiger partial charge in [-0.1, -0.05) is 59.6 Å². The second-order valence-corrected chi connectivity index (χ2v) is 9.82. The Bertz CT molecular complexity index is 1340. The van der Waals surface area contributed by atoms with Gasteiger partial charge < -0.3 is 15.4 Å². The summed E-state index contributed by atoms with van der Waals surface area (Å²) in [6, 6.07) is 28.7. The van der Waals surface area contributed by atoms with Crippen molar-refractivity contribution >= 4 is 58.2 Å². The van der Waals surface area contributed by atoms with E-state index in [4.69, 9.17) is 27.9 Å². The fourth-order valence-corrected chi connectivity index (χ4v) is 5.01. The lowest BCUT2D eigenvalue weighted by molar-refractivity contribution is -0.115. The number of benzene rings is 4. The third-order valence-electron chi connectivity index (χ3n) is 5.17. The average molecular weight is 537 g/mol. The first-order chi connectivity index (χ1) is 17.4. The molecule has 0 aromatic heterocycles. The summed E-state index contributed by atoms with van der Waals surface area (Å²) in [4.78, 5) is 26.7. The van der Waals surface area contributed by atoms with Crippen molar-refractivity contribution in [1.29, 1.82) is 0 Å². The Morgan fingerprint density at radius 3 is 2.14 bits per heavy atom. The van der Waals surface area contributed by atoms with E-state index in [0.29, 0.717) is 32.7 Å². The van der Waals surface area contributed by atoms with Crippen LogP contribution in [0.1, 0.15) is 21.2 Å². The number of hydrogen-bond donors (Lipinski definition) is 2. The van der Waals surface area contributed by atoms with Gasteiger partial charge in [0.2, 0.25) is 5.91 Å². The quantitative estimate of drug-likeness (QED) is 0.226. The summed E-state index contributed by atoms with van der Waals surface area (Å²) in [6.45, 7) is 0. The third-order valence-corrected chi connectivity index (χ3v) is 6.87. The first-order valence-corrected chi connectivity index (χ1v) is 12.6. The number of methoxy groups -OCH3 is 1. The van der Waals surface area contributed by atoms with Crippen molar-refractivity contribution in [2.45, 2.75) is 10.1 Å². The Kier molecular flexibility index (Phi) is 8.54. The minimum atomic E-state index is -0.527. The lowest BCUT2D eigenvalue weighted by Crippen LogP contribution is -2.19. The zero-order valence-corrected chi connectivity index (χ0v) is 21.5. The SMILES string of the molecule is COc1cccc(C(=O)Nc2ccc(SC(C(=O)Nc3cc(Cl)cc(Cl)c3)c3ccccc3)cc2)c1. The Morgan fingerprint density at radius 1 is 0.778 bits per heavy atom. The van der Waals surface area contributed by atoms with Crippen molar-refractivity contribution in [3.05, 3.63) is 118 Å². The molecule has 2 amide bonds. The third kappa shape index (κ3) is 6.82. The molecule has 0 spiro atoms. The molecule has 0 aliphatic rings. The first-order valence-electron chi connectivity index (χ1n) is 11.0. The van der Waals surface area contributed by atoms with Gasteiger partial charge in [-0.2, -0.15) is 0 Å². The van der Waals surface area contributed by atoms with E-state index in [2.05, 4.69) is 10.6 Å². The van der Waals surface area contributed by atoms with Gasteiger partial charge in [0.1, 0.15) is 11.0 Å². The summed E-state index contributed by atoms with van der Waals surface area (Å²) in [5.41, 5.74) is 2.51. The molecule has 2 N–H and O–H groups in total. The molecule has 0 aliphatic heterocycles. The van der Waals surface area contributed by atoms with Gasteiger partial charge in [-0.25, -0.2) is 0 Å². The molecule has 4 aromatic carbocycles. The molecule has 8 heteroatoms. The lowest BCUT2D eigenvalue weighted by atomic mass is 10.1. The monoisotopic (exact) mass is 536 g/mol. The molecule has 4 aromatic rings. The maximum Gasteiger partial charge on any atom is 0.255 e. The van der Waals surface area contributed by atoms with Crippen LogP contribution in [0.25, 0.3) is 0 Å². The van der Waals surface area contributed by atoms with Gasteiger partial charge in [-0.15, -0.1) is 11.8 Å². The van der Waals surface area contributed by atoms with Crippen LogP contribution in [-0.2, 0) is 4.79 Å². The number of nitrogens with one attached hydrogen (secondary N) is 2. The van der Waals surface area contributed by atoms with E-state index in [-0.39, 0.29) is 11.8 Å². The van der Waals surface area contributed by atoms with Crippen molar-refractivity contribution < 1.29 is 14.3 Å². The molecule has 0 saturated heterocycles. The highest BCUT2D eigenvalue weighted by atomic mass is 35.5. The van der Waals surface area contributed by atoms with E-state index < -0.39 is 5.25 Å². The highest BCUT2D eigenvalue weighted by Gasteiger charge is 2.22. The summed E-state index contributed by atoms with van der Waals surface area (Å²) in [5.74, 6) is 0.163. The number of amides is 2. The zero-order chi connectivity index (χ0) is 25.5. The minimum absolute atomic E-state index is 0.208. The van der Waals surface area contributed by atoms with E-state index in [1.807, 2.05) is 42.5 Å². The van der Waals surface area contributed by atoms with Crippen molar-refractivity contribution in [2.75, 3.05) is 17.7 Å². The second-order valence-electron chi connectivity index (χ2n) is 7.77. The Morgan fingerprint density at radius 2 is 1.47 bits per heavy atom. The van der Waals surface area contributed by atoms with Crippen LogP contribution in [-0.4, -0.2) is 18.9 Å². The molecule has 0 aliphatic carbocycles. The van der Waals surface area contributed by atoms with Crippen LogP contribution in [0.2, 0.25) is 10.0 Å². The standard InChI is InChI=1S/C28H22Cl2N2O3S/c1-35-24-9-5-8-19(14-24)27(33)31-22-10-12-25(13-11-22)36-26(18-6-3-2-4-7-18)28(34)32-23-16-20(29)15-21(30)17-23/h2-17,26H,1H3,(H,31,33)(H,32,34). The number of carbonyl (C=O) groups excluding carboxylic acids is 2. The topological polar surface area (TPSA) is 67.4 Å². The van der Waals surface area contributed by atoms with Gasteiger partial charge in [0.15, 0.2) is 0 Å². The van der Waals surface area contributed by atoms with Gasteiger partial charge in [-0.3, -0.25) is 9.59 Å². The maximum atomic E-state index is 13.3. The second kappa shape index (κ2) is 12.0. The number of hydrogen-bond acceptors (Lipinski definition) is 4. The summed E-state index contributed by atoms with van der Waals surface area (Å²) >= 11 is 13.6. The number of thioether (sulfide) groups is 1. The molecule has 0 radical (unpaired) electrons. The maximum absolute atomic E-state index is 13.3. The van der Waals surface area contributed by atoms with Crippen molar-refractivity contribution in [3.8, 4) is 5.75 Å². The molecular formula is C28H22Cl2N2O3S. The molecule has 1 unspecified atom stereocenters. The zero-order valence-electron chi connectivity index (χ0n) is 19.2. The number of anilines is 2. The first kappa shape index (κ1) is 25.6. The van der Waals surface area contributed by atoms with Gasteiger partial charge in [0.05, 0.1) is 7.11 Å². The van der Waals surface area contributed by atoms with Crippen LogP contribution < -0.4 is 15.4 Å². The summed E-state index contributed by atoms with van der Waals surface area (Å²) in [6.07, 6.45) is 0. The molecule has 36 heavy (non-hydrogen) atoms. The van der Waals surface area contributed by atoms with Crippen LogP contribution >= 0.6 is 35.0 Å². The van der Waals surface area contributed by atoms with Crippen LogP contribution in [0, 0.1) is 0 Å². The largest absolute Gasteiger partial charge is 0.497 e. The van der Waals surface area contributed by atoms with Gasteiger partial charge in [-0.05, 0) is 66.2 Å². The smallest absolute Gasteiger partial charge is 0.255 e. The van der Waals surface area contributed by atoms with Crippen molar-refractivity contribution in [3.63, 3.8) is 0 Å². The normalized spacial score (nSPS) is 11.4. The predicted octanol–water partition coefficient (Wildman–Crippen LogP) is 7.73. The Hall–Kier alpha value is -3.45. The fourth-order valence-electron chi connectivity index (χ4n) is 3.46. The van der Waals surface area contributed by atoms with Crippen LogP contribution in [0.15, 0.2) is 102 Å². The van der Waals surface area contributed by atoms with E-state index in [1.165, 1.54) is 11.8 Å². The van der Waals surface area contributed by atoms with Gasteiger partial charge in [0, 0.05) is 31.9 Å². The molecule has 0 bridgehead atoms. The molecule has 0 heterocycles. The molecule has 4 rings (SSSR count). The van der Waals surface area contributed by atoms with E-state index in [1.54, 1.807) is 61.7 Å². The predicted molar refractivity (Wildman–Crippen MR) is 148 cm³/mol. The number of rotatable bonds is 8. The van der Waals surface area contributed by atoms with Crippen molar-refractivity contribution in [2.24, 2.45) is 0 Å². The van der Waals surface area contributed by atoms with Gasteiger partial charge >= 0.3 is 0 Å². The number of ether oxygens (including phenoxy) is 1. The van der Waals surface area contributed by atoms with Crippen LogP contribution in [0.3, 0.4) is 0 Å². The molecule has 182 valence electrons. The van der Waals surface area contributed by atoms with Gasteiger partial charge in [0.25, 0.3) is 5.91 Å². The summed E-state index contributed by atoms with van der Waals surface area (Å²) in [5, 5.41) is 6.14. The van der Waals surface area contributed by atoms with Crippen LogP contribution in [0.4, 0.5) is 11.4 Å². The molecule has 0 saturated carbocycles. The fraction of sp³-hybridized carbons (Fsp3) is 0.0714. The van der Waals surface area contributed by atoms with Crippen LogP contribution in [0.5, 0.6) is 5.75 Å². The number of carbonyl (C=O) groups is 2. The lowest BCUT2D eigenvalue weighted by Gasteiger charge is -2.18. The Balaban J connectivity index is 1.49. The van der Waals surface area contributed by atoms with E-state index in [0.717, 1.165) is 10.5 Å². The minimum Gasteiger partial charge on any atom is -0.497 e. The molecule has 0 fully saturated rings. The average Bonchev–Trinajstić information content (AvgIpc) is 2.88. The highest BCUT2D eigenvalue weighted by molar-refractivity contribution is 8.00. The molecule has 5 nitrogen and oxygen atoms in total. The summed E-state index contributed by atoms with van der Waals surface area (Å²) < 4.78 is 5.18. The Labute approximate surface area is 223 Å². The van der Waals surface area contributed by atoms with E-state index >= 15 is 0 Å². The van der Waals surface area contributed by atoms with E-state index in [9.17, 15) is 9.59 Å².